The van der Waals surface area contributed by atoms with Crippen molar-refractivity contribution in [3.63, 3.8) is 0 Å². The maximum atomic E-state index is 13.0. The molecule has 0 saturated carbocycles. The summed E-state index contributed by atoms with van der Waals surface area (Å²) in [6.45, 7) is 5.55. The second kappa shape index (κ2) is 9.64. The molecule has 0 saturated heterocycles. The van der Waals surface area contributed by atoms with Crippen LogP contribution >= 0.6 is 0 Å². The summed E-state index contributed by atoms with van der Waals surface area (Å²) in [7, 11) is 1.59. The lowest BCUT2D eigenvalue weighted by molar-refractivity contribution is -0.123. The molecule has 0 aliphatic carbocycles. The smallest absolute Gasteiger partial charge is 0.262 e. The molecule has 2 aromatic rings. The maximum absolute atomic E-state index is 13.0. The van der Waals surface area contributed by atoms with Gasteiger partial charge in [0.05, 0.1) is 13.3 Å². The van der Waals surface area contributed by atoms with Crippen molar-refractivity contribution in [2.75, 3.05) is 7.11 Å². The molecule has 0 aromatic heterocycles. The van der Waals surface area contributed by atoms with E-state index in [9.17, 15) is 14.0 Å². The van der Waals surface area contributed by atoms with Gasteiger partial charge in [0, 0.05) is 5.56 Å². The van der Waals surface area contributed by atoms with E-state index in [0.717, 1.165) is 16.9 Å². The Morgan fingerprint density at radius 2 is 1.82 bits per heavy atom. The number of ether oxygens (including phenoxy) is 1. The summed E-state index contributed by atoms with van der Waals surface area (Å²) < 4.78 is 18.3. The summed E-state index contributed by atoms with van der Waals surface area (Å²) in [4.78, 5) is 24.8. The van der Waals surface area contributed by atoms with E-state index in [1.54, 1.807) is 13.2 Å². The van der Waals surface area contributed by atoms with Gasteiger partial charge in [-0.1, -0.05) is 26.0 Å². The number of rotatable bonds is 7. The van der Waals surface area contributed by atoms with E-state index in [2.05, 4.69) is 15.8 Å². The molecule has 0 aliphatic rings. The largest absolute Gasteiger partial charge is 0.496 e. The van der Waals surface area contributed by atoms with Crippen LogP contribution in [0.1, 0.15) is 35.3 Å². The van der Waals surface area contributed by atoms with Crippen LogP contribution in [-0.2, 0) is 4.79 Å². The van der Waals surface area contributed by atoms with Crippen LogP contribution < -0.4 is 15.5 Å². The van der Waals surface area contributed by atoms with E-state index in [1.165, 1.54) is 30.5 Å². The zero-order valence-corrected chi connectivity index (χ0v) is 16.3. The number of hydrazone groups is 1. The first kappa shape index (κ1) is 21.1. The molecule has 0 aliphatic heterocycles. The number of nitrogens with one attached hydrogen (secondary N) is 2. The molecule has 28 heavy (non-hydrogen) atoms. The molecule has 2 aromatic carbocycles. The van der Waals surface area contributed by atoms with Crippen LogP contribution in [0.3, 0.4) is 0 Å². The number of aryl methyl sites for hydroxylation is 1. The van der Waals surface area contributed by atoms with Gasteiger partial charge in [-0.25, -0.2) is 9.82 Å². The third-order valence-electron chi connectivity index (χ3n) is 4.16. The Kier molecular flexibility index (Phi) is 7.26. The average Bonchev–Trinajstić information content (AvgIpc) is 2.67. The SMILES string of the molecule is COc1cc(C=NNC(=O)C(NC(=O)c2ccc(F)cc2)C(C)C)ccc1C. The van der Waals surface area contributed by atoms with Crippen LogP contribution in [0.5, 0.6) is 5.75 Å². The molecule has 2 N–H and O–H groups in total. The monoisotopic (exact) mass is 385 g/mol. The minimum absolute atomic E-state index is 0.168. The molecule has 7 heteroatoms. The van der Waals surface area contributed by atoms with E-state index >= 15 is 0 Å². The van der Waals surface area contributed by atoms with Crippen LogP contribution in [0.2, 0.25) is 0 Å². The normalized spacial score (nSPS) is 12.1. The molecule has 0 heterocycles. The first-order valence-corrected chi connectivity index (χ1v) is 8.85. The molecule has 1 atom stereocenters. The number of halogens is 1. The number of benzene rings is 2. The van der Waals surface area contributed by atoms with Gasteiger partial charge in [0.25, 0.3) is 11.8 Å². The predicted octanol–water partition coefficient (Wildman–Crippen LogP) is 3.05. The third-order valence-corrected chi connectivity index (χ3v) is 4.16. The summed E-state index contributed by atoms with van der Waals surface area (Å²) in [5, 5.41) is 6.62. The van der Waals surface area contributed by atoms with Crippen LogP contribution in [-0.4, -0.2) is 31.2 Å². The van der Waals surface area contributed by atoms with Crippen molar-refractivity contribution in [1.82, 2.24) is 10.7 Å². The Hall–Kier alpha value is -3.22. The highest BCUT2D eigenvalue weighted by Crippen LogP contribution is 2.17. The number of amides is 2. The summed E-state index contributed by atoms with van der Waals surface area (Å²) in [6.07, 6.45) is 1.50. The van der Waals surface area contributed by atoms with Gasteiger partial charge in [0.15, 0.2) is 0 Å². The number of nitrogens with zero attached hydrogens (tertiary/aromatic N) is 1. The molecular weight excluding hydrogens is 361 g/mol. The van der Waals surface area contributed by atoms with Crippen molar-refractivity contribution in [1.29, 1.82) is 0 Å². The molecule has 6 nitrogen and oxygen atoms in total. The highest BCUT2D eigenvalue weighted by molar-refractivity contribution is 5.97. The quantitative estimate of drug-likeness (QED) is 0.568. The van der Waals surface area contributed by atoms with Crippen LogP contribution in [0, 0.1) is 18.7 Å². The molecule has 1 unspecified atom stereocenters. The lowest BCUT2D eigenvalue weighted by Gasteiger charge is -2.20. The highest BCUT2D eigenvalue weighted by atomic mass is 19.1. The van der Waals surface area contributed by atoms with Crippen molar-refractivity contribution < 1.29 is 18.7 Å². The molecule has 0 fully saturated rings. The van der Waals surface area contributed by atoms with Gasteiger partial charge in [-0.2, -0.15) is 5.10 Å². The van der Waals surface area contributed by atoms with Crippen LogP contribution in [0.25, 0.3) is 0 Å². The highest BCUT2D eigenvalue weighted by Gasteiger charge is 2.24. The van der Waals surface area contributed by atoms with Gasteiger partial charge < -0.3 is 10.1 Å². The van der Waals surface area contributed by atoms with Gasteiger partial charge in [-0.3, -0.25) is 9.59 Å². The lowest BCUT2D eigenvalue weighted by Crippen LogP contribution is -2.48. The molecule has 148 valence electrons. The standard InChI is InChI=1S/C21H24FN3O3/c1-13(2)19(24-20(26)16-7-9-17(22)10-8-16)21(27)25-23-12-15-6-5-14(3)18(11-15)28-4/h5-13,19H,1-4H3,(H,24,26)(H,25,27). The van der Waals surface area contributed by atoms with Crippen molar-refractivity contribution >= 4 is 18.0 Å². The van der Waals surface area contributed by atoms with Crippen molar-refractivity contribution in [2.45, 2.75) is 26.8 Å². The number of carbonyl (C=O) groups excluding carboxylic acids is 2. The molecule has 0 bridgehead atoms. The number of hydrogen-bond donors (Lipinski definition) is 2. The topological polar surface area (TPSA) is 79.8 Å². The third kappa shape index (κ3) is 5.64. The van der Waals surface area contributed by atoms with Gasteiger partial charge in [0.1, 0.15) is 17.6 Å². The summed E-state index contributed by atoms with van der Waals surface area (Å²) in [5.41, 5.74) is 4.47. The first-order chi connectivity index (χ1) is 13.3. The first-order valence-electron chi connectivity index (χ1n) is 8.85. The zero-order valence-electron chi connectivity index (χ0n) is 16.3. The summed E-state index contributed by atoms with van der Waals surface area (Å²) >= 11 is 0. The minimum Gasteiger partial charge on any atom is -0.496 e. The van der Waals surface area contributed by atoms with E-state index in [1.807, 2.05) is 32.9 Å². The second-order valence-electron chi connectivity index (χ2n) is 6.67. The van der Waals surface area contributed by atoms with Crippen molar-refractivity contribution in [3.8, 4) is 5.75 Å². The average molecular weight is 385 g/mol. The summed E-state index contributed by atoms with van der Waals surface area (Å²) in [6, 6.07) is 9.87. The fourth-order valence-electron chi connectivity index (χ4n) is 2.52. The zero-order chi connectivity index (χ0) is 20.7. The second-order valence-corrected chi connectivity index (χ2v) is 6.67. The van der Waals surface area contributed by atoms with E-state index in [4.69, 9.17) is 4.74 Å². The molecule has 2 rings (SSSR count). The molecule has 2 amide bonds. The fourth-order valence-corrected chi connectivity index (χ4v) is 2.52. The van der Waals surface area contributed by atoms with Gasteiger partial charge in [-0.05, 0) is 54.3 Å². The van der Waals surface area contributed by atoms with E-state index in [0.29, 0.717) is 0 Å². The van der Waals surface area contributed by atoms with Crippen LogP contribution in [0.15, 0.2) is 47.6 Å². The van der Waals surface area contributed by atoms with Gasteiger partial charge in [0.2, 0.25) is 0 Å². The van der Waals surface area contributed by atoms with Crippen molar-refractivity contribution in [3.05, 3.63) is 65.0 Å². The Labute approximate surface area is 163 Å². The molecule has 0 radical (unpaired) electrons. The summed E-state index contributed by atoms with van der Waals surface area (Å²) in [5.74, 6) is -0.778. The Bertz CT molecular complexity index is 864. The van der Waals surface area contributed by atoms with Crippen molar-refractivity contribution in [2.24, 2.45) is 11.0 Å². The predicted molar refractivity (Wildman–Crippen MR) is 106 cm³/mol. The van der Waals surface area contributed by atoms with Crippen LogP contribution in [0.4, 0.5) is 4.39 Å². The number of methoxy groups -OCH3 is 1. The van der Waals surface area contributed by atoms with E-state index < -0.39 is 23.7 Å². The molecule has 0 spiro atoms. The van der Waals surface area contributed by atoms with E-state index in [-0.39, 0.29) is 11.5 Å². The van der Waals surface area contributed by atoms with Gasteiger partial charge in [-0.15, -0.1) is 0 Å². The Morgan fingerprint density at radius 1 is 1.14 bits per heavy atom. The lowest BCUT2D eigenvalue weighted by atomic mass is 10.0. The molecular formula is C21H24FN3O3. The number of carbonyl (C=O) groups is 2. The maximum Gasteiger partial charge on any atom is 0.262 e. The van der Waals surface area contributed by atoms with Gasteiger partial charge >= 0.3 is 0 Å². The Balaban J connectivity index is 2.02. The fraction of sp³-hybridized carbons (Fsp3) is 0.286. The minimum atomic E-state index is -0.790. The number of hydrogen-bond acceptors (Lipinski definition) is 4. The Morgan fingerprint density at radius 3 is 2.43 bits per heavy atom.